The van der Waals surface area contributed by atoms with Gasteiger partial charge in [0.1, 0.15) is 25.4 Å². The molecule has 0 fully saturated rings. The van der Waals surface area contributed by atoms with Gasteiger partial charge in [-0.25, -0.2) is 9.13 Å². The summed E-state index contributed by atoms with van der Waals surface area (Å²) in [6.45, 7) is 2.47. The Morgan fingerprint density at radius 2 is 0.477 bits per heavy atom. The van der Waals surface area contributed by atoms with Crippen LogP contribution in [0.15, 0.2) is 158 Å². The van der Waals surface area contributed by atoms with Crippen molar-refractivity contribution in [3.05, 3.63) is 158 Å². The Hall–Kier alpha value is -4.83. The van der Waals surface area contributed by atoms with Crippen LogP contribution in [0.3, 0.4) is 0 Å². The van der Waals surface area contributed by atoms with Gasteiger partial charge in [0.25, 0.3) is 0 Å². The van der Waals surface area contributed by atoms with Gasteiger partial charge in [-0.1, -0.05) is 339 Å². The van der Waals surface area contributed by atoms with Crippen molar-refractivity contribution in [2.75, 3.05) is 39.6 Å². The number of phosphoric acid groups is 2. The summed E-state index contributed by atoms with van der Waals surface area (Å²) in [6, 6.07) is 0. The van der Waals surface area contributed by atoms with E-state index in [0.717, 1.165) is 141 Å². The molecule has 18 heteroatoms. The smallest absolute Gasteiger partial charge is 0.463 e. The van der Waals surface area contributed by atoms with E-state index in [-0.39, 0.29) is 19.3 Å². The van der Waals surface area contributed by atoms with Gasteiger partial charge in [-0.3, -0.25) is 32.5 Å². The number of ether oxygens (including phenoxy) is 3. The van der Waals surface area contributed by atoms with E-state index in [9.17, 15) is 43.5 Å². The second-order valence-corrected chi connectivity index (χ2v) is 31.9. The number of hydrogen-bond acceptors (Lipinski definition) is 14. The van der Waals surface area contributed by atoms with Crippen LogP contribution < -0.4 is 0 Å². The highest BCUT2D eigenvalue weighted by Crippen LogP contribution is 2.45. The molecular weight excluding hydrogens is 1430 g/mol. The number of aliphatic hydroxyl groups excluding tert-OH is 2. The van der Waals surface area contributed by atoms with Gasteiger partial charge in [0, 0.05) is 19.3 Å². The average Bonchev–Trinajstić information content (AvgIpc) is 0.891. The number of aliphatic hydroxyl groups is 2. The molecule has 16 nitrogen and oxygen atoms in total. The number of rotatable bonds is 82. The maximum atomic E-state index is 13.0. The van der Waals surface area contributed by atoms with E-state index < -0.39 is 91.5 Å². The first-order valence-corrected chi connectivity index (χ1v) is 46.8. The molecule has 0 rings (SSSR count). The number of esters is 3. The molecule has 0 saturated heterocycles. The molecule has 0 aliphatic rings. The maximum Gasteiger partial charge on any atom is 0.472 e. The Morgan fingerprint density at radius 3 is 0.766 bits per heavy atom. The van der Waals surface area contributed by atoms with Crippen LogP contribution in [-0.2, 0) is 55.8 Å². The lowest BCUT2D eigenvalue weighted by atomic mass is 10.0. The third kappa shape index (κ3) is 85.9. The largest absolute Gasteiger partial charge is 0.472 e. The minimum absolute atomic E-state index is 0.0563. The van der Waals surface area contributed by atoms with E-state index in [0.29, 0.717) is 19.3 Å². The van der Waals surface area contributed by atoms with Crippen molar-refractivity contribution in [1.29, 1.82) is 0 Å². The van der Waals surface area contributed by atoms with Gasteiger partial charge in [0.05, 0.1) is 26.4 Å². The standard InChI is InChI=1S/C93H158O16P2/c1-4-7-10-13-16-19-22-25-28-31-34-36-37-38-39-40-41-42-43-44-45-46-47-48-49-51-54-55-58-61-64-67-70-73-76-79-91(96)103-82-88(94)83-105-110(99,100)106-84-89(95)85-107-111(101,102)108-87-90(109-93(98)81-78-75-72-69-66-63-60-57-52-33-30-27-24-21-18-15-12-9-6-3)86-104-92(97)80-77-74-71-68-65-62-59-56-53-50-35-32-29-26-23-20-17-14-11-8-5-2/h9,12,16-21,25-30,34-36,38-39,50,52,56-57,59,63,66,88-90,94-95H,4-8,10-11,13-15,22-24,31-33,37,40-49,51,53-55,58,60-62,64-65,67-87H2,1-3H3,(H,99,100)(H,101,102)/b12-9-,19-16-,20-17-,21-18-,28-25-,29-26-,30-27-,36-34-,39-38-,50-35-,57-52-,59-56-,66-63-. The normalized spacial score (nSPS) is 14.6. The molecule has 5 unspecified atom stereocenters. The SMILES string of the molecule is CC/C=C\C/C=C\C/C=C\C/C=C\C/C=C\CCCCCC(=O)OC(COC(=O)CCCCCCC/C=C\C/C=C\C/C=C\C/C=C\CCCCC)COP(=O)(O)OCC(O)COP(=O)(O)OCC(O)COC(=O)CCCCCCCCCCCCCCCCCCCCC/C=C\C/C=C\C/C=C\C/C=C\CCCCC. The van der Waals surface area contributed by atoms with Crippen molar-refractivity contribution in [2.24, 2.45) is 0 Å². The number of allylic oxidation sites excluding steroid dienone is 26. The van der Waals surface area contributed by atoms with Gasteiger partial charge in [-0.15, -0.1) is 0 Å². The summed E-state index contributed by atoms with van der Waals surface area (Å²) >= 11 is 0. The minimum atomic E-state index is -4.95. The molecule has 0 aromatic heterocycles. The van der Waals surface area contributed by atoms with Crippen LogP contribution in [0, 0.1) is 0 Å². The molecule has 0 aromatic carbocycles. The van der Waals surface area contributed by atoms with Crippen molar-refractivity contribution in [3.8, 4) is 0 Å². The molecule has 0 heterocycles. The lowest BCUT2D eigenvalue weighted by molar-refractivity contribution is -0.161. The Morgan fingerprint density at radius 1 is 0.261 bits per heavy atom. The third-order valence-corrected chi connectivity index (χ3v) is 20.1. The summed E-state index contributed by atoms with van der Waals surface area (Å²) in [5.41, 5.74) is 0. The first-order valence-electron chi connectivity index (χ1n) is 43.8. The van der Waals surface area contributed by atoms with Crippen LogP contribution in [0.4, 0.5) is 0 Å². The summed E-state index contributed by atoms with van der Waals surface area (Å²) in [5, 5.41) is 20.7. The molecule has 0 spiro atoms. The zero-order valence-corrected chi connectivity index (χ0v) is 71.6. The highest BCUT2D eigenvalue weighted by Gasteiger charge is 2.29. The van der Waals surface area contributed by atoms with Crippen LogP contribution in [-0.4, -0.2) is 95.9 Å². The van der Waals surface area contributed by atoms with Crippen LogP contribution in [0.1, 0.15) is 355 Å². The highest BCUT2D eigenvalue weighted by molar-refractivity contribution is 7.47. The van der Waals surface area contributed by atoms with Crippen molar-refractivity contribution in [2.45, 2.75) is 373 Å². The number of carbonyl (C=O) groups is 3. The Balaban J connectivity index is 4.51. The third-order valence-electron chi connectivity index (χ3n) is 18.2. The molecule has 5 atom stereocenters. The zero-order valence-electron chi connectivity index (χ0n) is 69.8. The van der Waals surface area contributed by atoms with E-state index in [1.54, 1.807) is 0 Å². The number of carbonyl (C=O) groups excluding carboxylic acids is 3. The Kier molecular flexibility index (Phi) is 80.9. The summed E-state index contributed by atoms with van der Waals surface area (Å²) < 4.78 is 61.3. The zero-order chi connectivity index (χ0) is 80.8. The van der Waals surface area contributed by atoms with E-state index in [1.165, 1.54) is 154 Å². The van der Waals surface area contributed by atoms with Gasteiger partial charge in [0.15, 0.2) is 6.10 Å². The topological polar surface area (TPSA) is 231 Å². The van der Waals surface area contributed by atoms with Gasteiger partial charge in [-0.2, -0.15) is 0 Å². The molecule has 4 N–H and O–H groups in total. The molecule has 0 amide bonds. The van der Waals surface area contributed by atoms with Crippen LogP contribution in [0.2, 0.25) is 0 Å². The number of hydrogen-bond donors (Lipinski definition) is 4. The molecule has 0 saturated carbocycles. The fourth-order valence-electron chi connectivity index (χ4n) is 11.6. The molecule has 111 heavy (non-hydrogen) atoms. The van der Waals surface area contributed by atoms with Gasteiger partial charge in [0.2, 0.25) is 0 Å². The number of phosphoric ester groups is 2. The monoisotopic (exact) mass is 1590 g/mol. The molecule has 0 aromatic rings. The van der Waals surface area contributed by atoms with E-state index in [1.807, 2.05) is 0 Å². The fourth-order valence-corrected chi connectivity index (χ4v) is 13.2. The van der Waals surface area contributed by atoms with Gasteiger partial charge in [-0.05, 0) is 154 Å². The molecule has 0 bridgehead atoms. The quantitative estimate of drug-likeness (QED) is 0.0146. The fraction of sp³-hybridized carbons (Fsp3) is 0.688. The lowest BCUT2D eigenvalue weighted by Crippen LogP contribution is -2.30. The van der Waals surface area contributed by atoms with E-state index >= 15 is 0 Å². The second-order valence-electron chi connectivity index (χ2n) is 29.0. The van der Waals surface area contributed by atoms with Crippen molar-refractivity contribution < 1.29 is 75.8 Å². The predicted molar refractivity (Wildman–Crippen MR) is 463 cm³/mol. The second kappa shape index (κ2) is 84.6. The molecule has 0 aliphatic carbocycles. The van der Waals surface area contributed by atoms with E-state index in [4.69, 9.17) is 32.3 Å². The van der Waals surface area contributed by atoms with Crippen LogP contribution in [0.25, 0.3) is 0 Å². The number of unbranched alkanes of at least 4 members (excludes halogenated alkanes) is 33. The maximum absolute atomic E-state index is 13.0. The highest BCUT2D eigenvalue weighted by atomic mass is 31.2. The Bertz CT molecular complexity index is 2650. The molecular formula is C93H158O16P2. The minimum Gasteiger partial charge on any atom is -0.463 e. The lowest BCUT2D eigenvalue weighted by Gasteiger charge is -2.21. The summed E-state index contributed by atoms with van der Waals surface area (Å²) in [5.74, 6) is -1.63. The molecule has 0 aliphatic heterocycles. The van der Waals surface area contributed by atoms with Crippen molar-refractivity contribution >= 4 is 33.6 Å². The van der Waals surface area contributed by atoms with Crippen LogP contribution in [0.5, 0.6) is 0 Å². The average molecular weight is 1590 g/mol. The van der Waals surface area contributed by atoms with Crippen molar-refractivity contribution in [1.82, 2.24) is 0 Å². The van der Waals surface area contributed by atoms with Gasteiger partial charge < -0.3 is 34.2 Å². The van der Waals surface area contributed by atoms with Crippen molar-refractivity contribution in [3.63, 3.8) is 0 Å². The predicted octanol–water partition coefficient (Wildman–Crippen LogP) is 26.5. The first kappa shape index (κ1) is 106. The van der Waals surface area contributed by atoms with E-state index in [2.05, 4.69) is 179 Å². The van der Waals surface area contributed by atoms with Gasteiger partial charge >= 0.3 is 33.6 Å². The summed E-state index contributed by atoms with van der Waals surface area (Å²) in [6.07, 6.45) is 107. The molecule has 0 radical (unpaired) electrons. The Labute approximate surface area is 676 Å². The summed E-state index contributed by atoms with van der Waals surface area (Å²) in [7, 11) is -9.82. The van der Waals surface area contributed by atoms with Crippen LogP contribution >= 0.6 is 15.6 Å². The molecule has 636 valence electrons. The summed E-state index contributed by atoms with van der Waals surface area (Å²) in [4.78, 5) is 58.8. The first-order chi connectivity index (χ1) is 54.2.